The van der Waals surface area contributed by atoms with Crippen molar-refractivity contribution >= 4 is 37.5 Å². The van der Waals surface area contributed by atoms with Crippen LogP contribution in [0.3, 0.4) is 0 Å². The van der Waals surface area contributed by atoms with Crippen molar-refractivity contribution < 1.29 is 0 Å². The molecule has 0 radical (unpaired) electrons. The van der Waals surface area contributed by atoms with Gasteiger partial charge < -0.3 is 4.90 Å². The molecule has 5 heteroatoms. The van der Waals surface area contributed by atoms with Crippen molar-refractivity contribution in [3.63, 3.8) is 0 Å². The fourth-order valence-corrected chi connectivity index (χ4v) is 4.32. The topological polar surface area (TPSA) is 25.2 Å². The van der Waals surface area contributed by atoms with E-state index in [1.165, 1.54) is 50.1 Å². The minimum atomic E-state index is 0.160. The SMILES string of the molecule is O=c1sc2cc(Br)ccc2n1CCN1CCCCCC1. The van der Waals surface area contributed by atoms with Crippen molar-refractivity contribution in [2.75, 3.05) is 19.6 Å². The van der Waals surface area contributed by atoms with Crippen LogP contribution in [0.2, 0.25) is 0 Å². The highest BCUT2D eigenvalue weighted by molar-refractivity contribution is 9.10. The van der Waals surface area contributed by atoms with Gasteiger partial charge in [0.25, 0.3) is 0 Å². The van der Waals surface area contributed by atoms with Crippen molar-refractivity contribution in [1.82, 2.24) is 9.47 Å². The second-order valence-electron chi connectivity index (χ2n) is 5.39. The van der Waals surface area contributed by atoms with Crippen LogP contribution in [0, 0.1) is 0 Å². The zero-order valence-electron chi connectivity index (χ0n) is 11.5. The maximum Gasteiger partial charge on any atom is 0.308 e. The number of fused-ring (bicyclic) bond motifs is 1. The maximum atomic E-state index is 12.1. The molecule has 1 aliphatic rings. The van der Waals surface area contributed by atoms with E-state index in [1.807, 2.05) is 22.8 Å². The number of nitrogens with zero attached hydrogens (tertiary/aromatic N) is 2. The standard InChI is InChI=1S/C15H19BrN2OS/c16-12-5-6-13-14(11-12)20-15(19)18(13)10-9-17-7-3-1-2-4-8-17/h5-6,11H,1-4,7-10H2. The fourth-order valence-electron chi connectivity index (χ4n) is 2.85. The van der Waals surface area contributed by atoms with Gasteiger partial charge in [0, 0.05) is 17.6 Å². The molecule has 0 N–H and O–H groups in total. The average Bonchev–Trinajstić information content (AvgIpc) is 2.62. The van der Waals surface area contributed by atoms with Crippen molar-refractivity contribution in [3.8, 4) is 0 Å². The molecule has 0 saturated carbocycles. The second-order valence-corrected chi connectivity index (χ2v) is 7.30. The van der Waals surface area contributed by atoms with Crippen molar-refractivity contribution in [2.24, 2.45) is 0 Å². The summed E-state index contributed by atoms with van der Waals surface area (Å²) in [5.41, 5.74) is 1.07. The number of likely N-dealkylation sites (tertiary alicyclic amines) is 1. The Kier molecular flexibility index (Phi) is 4.58. The molecule has 1 saturated heterocycles. The van der Waals surface area contributed by atoms with Gasteiger partial charge in [-0.15, -0.1) is 0 Å². The van der Waals surface area contributed by atoms with Crippen molar-refractivity contribution in [1.29, 1.82) is 0 Å². The molecular formula is C15H19BrN2OS. The normalized spacial score (nSPS) is 17.4. The Bertz CT molecular complexity index is 641. The number of hydrogen-bond donors (Lipinski definition) is 0. The van der Waals surface area contributed by atoms with Crippen molar-refractivity contribution in [3.05, 3.63) is 32.3 Å². The van der Waals surface area contributed by atoms with Gasteiger partial charge in [0.15, 0.2) is 0 Å². The first-order chi connectivity index (χ1) is 9.74. The molecule has 3 rings (SSSR count). The summed E-state index contributed by atoms with van der Waals surface area (Å²) in [7, 11) is 0. The van der Waals surface area contributed by atoms with E-state index in [9.17, 15) is 4.79 Å². The lowest BCUT2D eigenvalue weighted by Crippen LogP contribution is -2.30. The van der Waals surface area contributed by atoms with E-state index in [2.05, 4.69) is 20.8 Å². The van der Waals surface area contributed by atoms with Gasteiger partial charge in [0.2, 0.25) is 0 Å². The summed E-state index contributed by atoms with van der Waals surface area (Å²) in [5.74, 6) is 0. The second kappa shape index (κ2) is 6.41. The third-order valence-electron chi connectivity index (χ3n) is 3.97. The highest BCUT2D eigenvalue weighted by Gasteiger charge is 2.12. The average molecular weight is 355 g/mol. The predicted octanol–water partition coefficient (Wildman–Crippen LogP) is 3.70. The molecule has 0 amide bonds. The van der Waals surface area contributed by atoms with Gasteiger partial charge in [0.1, 0.15) is 0 Å². The monoisotopic (exact) mass is 354 g/mol. The van der Waals surface area contributed by atoms with E-state index in [0.717, 1.165) is 27.8 Å². The maximum absolute atomic E-state index is 12.1. The molecule has 1 aromatic carbocycles. The van der Waals surface area contributed by atoms with Crippen LogP contribution in [0.1, 0.15) is 25.7 Å². The Hall–Kier alpha value is -0.650. The largest absolute Gasteiger partial charge is 0.308 e. The van der Waals surface area contributed by atoms with Crippen LogP contribution in [0.4, 0.5) is 0 Å². The predicted molar refractivity (Wildman–Crippen MR) is 88.7 cm³/mol. The summed E-state index contributed by atoms with van der Waals surface area (Å²) in [6.45, 7) is 4.16. The molecule has 0 aliphatic carbocycles. The number of thiazole rings is 1. The molecule has 1 aromatic heterocycles. The van der Waals surface area contributed by atoms with Gasteiger partial charge in [-0.05, 0) is 44.1 Å². The van der Waals surface area contributed by atoms with Gasteiger partial charge in [-0.3, -0.25) is 9.36 Å². The Labute approximate surface area is 131 Å². The summed E-state index contributed by atoms with van der Waals surface area (Å²) >= 11 is 4.81. The summed E-state index contributed by atoms with van der Waals surface area (Å²) in [6.07, 6.45) is 5.30. The summed E-state index contributed by atoms with van der Waals surface area (Å²) in [5, 5.41) is 0. The first-order valence-electron chi connectivity index (χ1n) is 7.25. The van der Waals surface area contributed by atoms with Crippen LogP contribution >= 0.6 is 27.3 Å². The molecule has 108 valence electrons. The van der Waals surface area contributed by atoms with E-state index in [-0.39, 0.29) is 4.87 Å². The van der Waals surface area contributed by atoms with Crippen LogP contribution in [-0.4, -0.2) is 29.1 Å². The lowest BCUT2D eigenvalue weighted by Gasteiger charge is -2.19. The fraction of sp³-hybridized carbons (Fsp3) is 0.533. The molecule has 0 unspecified atom stereocenters. The van der Waals surface area contributed by atoms with Gasteiger partial charge in [-0.25, -0.2) is 0 Å². The van der Waals surface area contributed by atoms with Gasteiger partial charge in [-0.1, -0.05) is 40.1 Å². The summed E-state index contributed by atoms with van der Waals surface area (Å²) < 4.78 is 4.03. The van der Waals surface area contributed by atoms with Gasteiger partial charge in [-0.2, -0.15) is 0 Å². The van der Waals surface area contributed by atoms with Crippen LogP contribution in [-0.2, 0) is 6.54 Å². The highest BCUT2D eigenvalue weighted by atomic mass is 79.9. The van der Waals surface area contributed by atoms with E-state index in [4.69, 9.17) is 0 Å². The Morgan fingerprint density at radius 3 is 2.60 bits per heavy atom. The number of aromatic nitrogens is 1. The van der Waals surface area contributed by atoms with Crippen LogP contribution < -0.4 is 4.87 Å². The third kappa shape index (κ3) is 3.15. The molecule has 0 atom stereocenters. The lowest BCUT2D eigenvalue weighted by atomic mass is 10.2. The number of hydrogen-bond acceptors (Lipinski definition) is 3. The minimum Gasteiger partial charge on any atom is -0.302 e. The summed E-state index contributed by atoms with van der Waals surface area (Å²) in [6, 6.07) is 6.08. The van der Waals surface area contributed by atoms with Crippen LogP contribution in [0.25, 0.3) is 10.2 Å². The third-order valence-corrected chi connectivity index (χ3v) is 5.40. The number of benzene rings is 1. The van der Waals surface area contributed by atoms with E-state index in [0.29, 0.717) is 0 Å². The van der Waals surface area contributed by atoms with E-state index < -0.39 is 0 Å². The molecule has 1 aliphatic heterocycles. The zero-order chi connectivity index (χ0) is 13.9. The molecule has 0 bridgehead atoms. The molecule has 2 aromatic rings. The molecular weight excluding hydrogens is 336 g/mol. The molecule has 0 spiro atoms. The summed E-state index contributed by atoms with van der Waals surface area (Å²) in [4.78, 5) is 14.8. The smallest absolute Gasteiger partial charge is 0.302 e. The van der Waals surface area contributed by atoms with E-state index in [1.54, 1.807) is 0 Å². The quantitative estimate of drug-likeness (QED) is 0.839. The van der Waals surface area contributed by atoms with Gasteiger partial charge >= 0.3 is 4.87 Å². The molecule has 3 nitrogen and oxygen atoms in total. The van der Waals surface area contributed by atoms with Crippen LogP contribution in [0.5, 0.6) is 0 Å². The number of rotatable bonds is 3. The highest BCUT2D eigenvalue weighted by Crippen LogP contribution is 2.22. The zero-order valence-corrected chi connectivity index (χ0v) is 13.9. The molecule has 20 heavy (non-hydrogen) atoms. The van der Waals surface area contributed by atoms with E-state index >= 15 is 0 Å². The Morgan fingerprint density at radius 1 is 1.10 bits per heavy atom. The van der Waals surface area contributed by atoms with Crippen molar-refractivity contribution in [2.45, 2.75) is 32.2 Å². The molecule has 2 heterocycles. The van der Waals surface area contributed by atoms with Gasteiger partial charge in [0.05, 0.1) is 10.2 Å². The Morgan fingerprint density at radius 2 is 1.85 bits per heavy atom. The minimum absolute atomic E-state index is 0.160. The molecule has 1 fully saturated rings. The first-order valence-corrected chi connectivity index (χ1v) is 8.86. The lowest BCUT2D eigenvalue weighted by molar-refractivity contribution is 0.274. The van der Waals surface area contributed by atoms with Crippen LogP contribution in [0.15, 0.2) is 27.5 Å². The number of halogens is 1. The first kappa shape index (κ1) is 14.3. The Balaban J connectivity index is 1.76.